The maximum Gasteiger partial charge on any atom is 0.350 e. The molecule has 9 nitrogen and oxygen atoms in total. The zero-order valence-corrected chi connectivity index (χ0v) is 20.0. The van der Waals surface area contributed by atoms with Crippen molar-refractivity contribution in [1.29, 1.82) is 0 Å². The molecule has 5 rings (SSSR count). The van der Waals surface area contributed by atoms with E-state index in [9.17, 15) is 14.3 Å². The van der Waals surface area contributed by atoms with Gasteiger partial charge in [0.25, 0.3) is 0 Å². The van der Waals surface area contributed by atoms with Gasteiger partial charge >= 0.3 is 5.69 Å². The number of hydrogen-bond acceptors (Lipinski definition) is 8. The number of aromatic hydroxyl groups is 1. The van der Waals surface area contributed by atoms with E-state index in [1.54, 1.807) is 24.1 Å². The molecule has 184 valence electrons. The molecule has 3 aromatic rings. The van der Waals surface area contributed by atoms with Crippen molar-refractivity contribution >= 4 is 5.82 Å². The second kappa shape index (κ2) is 8.04. The van der Waals surface area contributed by atoms with Crippen LogP contribution in [0.15, 0.2) is 35.3 Å². The Morgan fingerprint density at radius 3 is 2.66 bits per heavy atom. The van der Waals surface area contributed by atoms with Crippen LogP contribution in [0.1, 0.15) is 33.1 Å². The first-order chi connectivity index (χ1) is 16.5. The average Bonchev–Trinajstić information content (AvgIpc) is 3.11. The van der Waals surface area contributed by atoms with Gasteiger partial charge in [-0.2, -0.15) is 9.37 Å². The van der Waals surface area contributed by atoms with Crippen LogP contribution in [0.2, 0.25) is 0 Å². The third-order valence-electron chi connectivity index (χ3n) is 7.41. The lowest BCUT2D eigenvalue weighted by molar-refractivity contribution is 0.0859. The van der Waals surface area contributed by atoms with Gasteiger partial charge in [0.05, 0.1) is 23.5 Å². The Morgan fingerprint density at radius 1 is 1.23 bits per heavy atom. The Balaban J connectivity index is 1.39. The third kappa shape index (κ3) is 3.93. The van der Waals surface area contributed by atoms with Crippen LogP contribution >= 0.6 is 0 Å². The van der Waals surface area contributed by atoms with Crippen LogP contribution in [0.25, 0.3) is 22.6 Å². The molecule has 0 unspecified atom stereocenters. The molecule has 2 saturated heterocycles. The monoisotopic (exact) mass is 483 g/mol. The first-order valence-electron chi connectivity index (χ1n) is 11.4. The fourth-order valence-electron chi connectivity index (χ4n) is 5.30. The summed E-state index contributed by atoms with van der Waals surface area (Å²) in [7, 11) is 3.08. The predicted octanol–water partition coefficient (Wildman–Crippen LogP) is 2.59. The number of alkyl halides is 1. The number of phenols is 1. The van der Waals surface area contributed by atoms with Crippen molar-refractivity contribution in [3.05, 3.63) is 46.9 Å². The van der Waals surface area contributed by atoms with Crippen LogP contribution in [0, 0.1) is 5.95 Å². The quantitative estimate of drug-likeness (QED) is 0.545. The van der Waals surface area contributed by atoms with E-state index in [0.29, 0.717) is 23.4 Å². The molecule has 35 heavy (non-hydrogen) atoms. The van der Waals surface area contributed by atoms with Gasteiger partial charge in [0.15, 0.2) is 17.6 Å². The Labute approximate surface area is 200 Å². The molecule has 2 aliphatic heterocycles. The first kappa shape index (κ1) is 23.3. The van der Waals surface area contributed by atoms with Gasteiger partial charge in [-0.15, -0.1) is 10.2 Å². The molecule has 2 bridgehead atoms. The molecule has 4 heterocycles. The summed E-state index contributed by atoms with van der Waals surface area (Å²) in [5.74, 6) is -0.301. The van der Waals surface area contributed by atoms with Crippen molar-refractivity contribution in [2.75, 3.05) is 11.9 Å². The lowest BCUT2D eigenvalue weighted by Gasteiger charge is -2.47. The fraction of sp³-hybridized carbons (Fsp3) is 0.458. The zero-order valence-electron chi connectivity index (χ0n) is 20.0. The smallest absolute Gasteiger partial charge is 0.350 e. The van der Waals surface area contributed by atoms with Gasteiger partial charge in [-0.05, 0) is 45.2 Å². The molecule has 4 atom stereocenters. The fourth-order valence-corrected chi connectivity index (χ4v) is 5.30. The van der Waals surface area contributed by atoms with E-state index in [0.717, 1.165) is 23.5 Å². The molecular weight excluding hydrogens is 456 g/mol. The van der Waals surface area contributed by atoms with Gasteiger partial charge < -0.3 is 15.3 Å². The van der Waals surface area contributed by atoms with Crippen molar-refractivity contribution in [3.63, 3.8) is 0 Å². The minimum atomic E-state index is -1.07. The van der Waals surface area contributed by atoms with E-state index in [4.69, 9.17) is 0 Å². The van der Waals surface area contributed by atoms with Gasteiger partial charge in [-0.25, -0.2) is 14.2 Å². The molecule has 0 radical (unpaired) electrons. The highest BCUT2D eigenvalue weighted by molar-refractivity contribution is 5.71. The summed E-state index contributed by atoms with van der Waals surface area (Å²) in [5.41, 5.74) is -0.655. The van der Waals surface area contributed by atoms with E-state index < -0.39 is 23.3 Å². The largest absolute Gasteiger partial charge is 0.507 e. The molecule has 2 fully saturated rings. The Bertz CT molecular complexity index is 1350. The summed E-state index contributed by atoms with van der Waals surface area (Å²) in [6.45, 7) is 4.06. The molecule has 0 saturated carbocycles. The van der Waals surface area contributed by atoms with E-state index in [-0.39, 0.29) is 28.8 Å². The van der Waals surface area contributed by atoms with Crippen LogP contribution in [-0.2, 0) is 7.05 Å². The number of phenolic OH excluding ortho intramolecular Hbond substituents is 1. The van der Waals surface area contributed by atoms with Gasteiger partial charge in [-0.1, -0.05) is 6.07 Å². The van der Waals surface area contributed by atoms with Gasteiger partial charge in [-0.3, -0.25) is 4.57 Å². The standard InChI is InChI=1S/C24H27F2N7O2/c1-23-7-8-24(2,31-23)20(26)16(11-23)32(3)19-12-27-21(30-29-19)14-6-5-13(9-17(14)34)15-10-18(25)33(4)22(35)28-15/h5-6,9-10,12,16,20,31,34H,7-8,11H2,1-4H3/t16-,20-,23-,24+/m0/s1. The predicted molar refractivity (Wildman–Crippen MR) is 126 cm³/mol. The van der Waals surface area contributed by atoms with E-state index in [1.807, 2.05) is 6.92 Å². The number of benzene rings is 1. The van der Waals surface area contributed by atoms with Crippen LogP contribution in [-0.4, -0.2) is 60.2 Å². The lowest BCUT2D eigenvalue weighted by atomic mass is 9.82. The minimum Gasteiger partial charge on any atom is -0.507 e. The van der Waals surface area contributed by atoms with Crippen molar-refractivity contribution in [2.24, 2.45) is 7.05 Å². The zero-order chi connectivity index (χ0) is 25.1. The Morgan fingerprint density at radius 2 is 2.00 bits per heavy atom. The highest BCUT2D eigenvalue weighted by Gasteiger charge is 2.56. The summed E-state index contributed by atoms with van der Waals surface area (Å²) in [6.07, 6.45) is 2.78. The number of piperidine rings is 1. The van der Waals surface area contributed by atoms with Gasteiger partial charge in [0.2, 0.25) is 0 Å². The summed E-state index contributed by atoms with van der Waals surface area (Å²) in [6, 6.07) is 5.24. The number of fused-ring (bicyclic) bond motifs is 2. The molecule has 0 amide bonds. The van der Waals surface area contributed by atoms with E-state index >= 15 is 4.39 Å². The van der Waals surface area contributed by atoms with Crippen molar-refractivity contribution in [2.45, 2.75) is 56.4 Å². The van der Waals surface area contributed by atoms with Crippen molar-refractivity contribution in [3.8, 4) is 28.4 Å². The maximum atomic E-state index is 15.4. The van der Waals surface area contributed by atoms with Crippen molar-refractivity contribution in [1.82, 2.24) is 30.0 Å². The minimum absolute atomic E-state index is 0.0996. The molecule has 2 aliphatic rings. The number of aromatic nitrogens is 5. The maximum absolute atomic E-state index is 15.4. The van der Waals surface area contributed by atoms with Crippen LogP contribution < -0.4 is 15.9 Å². The summed E-state index contributed by atoms with van der Waals surface area (Å²) >= 11 is 0. The van der Waals surface area contributed by atoms with E-state index in [1.165, 1.54) is 19.3 Å². The van der Waals surface area contributed by atoms with Gasteiger partial charge in [0, 0.05) is 36.8 Å². The number of anilines is 1. The van der Waals surface area contributed by atoms with Gasteiger partial charge in [0.1, 0.15) is 11.9 Å². The molecular formula is C24H27F2N7O2. The third-order valence-corrected chi connectivity index (χ3v) is 7.41. The SMILES string of the molecule is CN(c1cnc(-c2ccc(-c3cc(F)n(C)c(=O)n3)cc2O)nn1)[C@H]1C[C@]2(C)CC[C@@](C)(N2)[C@H]1F. The first-order valence-corrected chi connectivity index (χ1v) is 11.4. The summed E-state index contributed by atoms with van der Waals surface area (Å²) < 4.78 is 30.1. The number of hydrogen-bond donors (Lipinski definition) is 2. The average molecular weight is 484 g/mol. The normalized spacial score (nSPS) is 27.7. The Kier molecular flexibility index (Phi) is 5.35. The summed E-state index contributed by atoms with van der Waals surface area (Å²) in [4.78, 5) is 21.7. The van der Waals surface area contributed by atoms with E-state index in [2.05, 4.69) is 32.4 Å². The van der Waals surface area contributed by atoms with Crippen molar-refractivity contribution < 1.29 is 13.9 Å². The number of rotatable bonds is 4. The molecule has 1 aromatic carbocycles. The highest BCUT2D eigenvalue weighted by atomic mass is 19.1. The lowest BCUT2D eigenvalue weighted by Crippen LogP contribution is -2.65. The Hall–Kier alpha value is -3.47. The highest BCUT2D eigenvalue weighted by Crippen LogP contribution is 2.45. The van der Waals surface area contributed by atoms with Crippen LogP contribution in [0.4, 0.5) is 14.6 Å². The van der Waals surface area contributed by atoms with Crippen LogP contribution in [0.5, 0.6) is 5.75 Å². The number of halogens is 2. The number of nitrogens with zero attached hydrogens (tertiary/aromatic N) is 6. The molecule has 2 aromatic heterocycles. The van der Waals surface area contributed by atoms with Crippen LogP contribution in [0.3, 0.4) is 0 Å². The molecule has 0 aliphatic carbocycles. The molecule has 0 spiro atoms. The molecule has 11 heteroatoms. The summed E-state index contributed by atoms with van der Waals surface area (Å²) in [5, 5.41) is 22.4. The molecule has 2 N–H and O–H groups in total. The second-order valence-electron chi connectivity index (χ2n) is 10.1. The number of nitrogens with one attached hydrogen (secondary N) is 1. The second-order valence-corrected chi connectivity index (χ2v) is 10.1. The topological polar surface area (TPSA) is 109 Å².